The molecule has 144 valence electrons. The highest BCUT2D eigenvalue weighted by Crippen LogP contribution is 2.39. The molecule has 1 saturated carbocycles. The highest BCUT2D eigenvalue weighted by atomic mass is 19.1. The Bertz CT molecular complexity index is 1190. The van der Waals surface area contributed by atoms with Gasteiger partial charge in [-0.2, -0.15) is 5.10 Å². The standard InChI is InChI=1S/C20H15F2N7/c21-14-4-2-1-3-12(14)18-19(13-7-8-23-10-15(13)22)28-29-20(25-18)24-17-9-16(26-27-17)11-5-6-11/h1-4,7-11H,5-6H2,(H2,24,25,26,27,29). The Morgan fingerprint density at radius 1 is 0.966 bits per heavy atom. The Morgan fingerprint density at radius 2 is 1.79 bits per heavy atom. The number of halogens is 2. The topological polar surface area (TPSA) is 92.3 Å². The van der Waals surface area contributed by atoms with Crippen LogP contribution in [0.1, 0.15) is 24.5 Å². The highest BCUT2D eigenvalue weighted by molar-refractivity contribution is 5.78. The molecule has 1 fully saturated rings. The van der Waals surface area contributed by atoms with Gasteiger partial charge in [0.1, 0.15) is 23.0 Å². The van der Waals surface area contributed by atoms with Crippen LogP contribution in [0.5, 0.6) is 0 Å². The quantitative estimate of drug-likeness (QED) is 0.529. The summed E-state index contributed by atoms with van der Waals surface area (Å²) < 4.78 is 28.8. The molecule has 3 heterocycles. The Hall–Kier alpha value is -3.75. The fourth-order valence-electron chi connectivity index (χ4n) is 3.08. The number of aromatic nitrogens is 6. The van der Waals surface area contributed by atoms with Crippen molar-refractivity contribution >= 4 is 11.8 Å². The highest BCUT2D eigenvalue weighted by Gasteiger charge is 2.26. The van der Waals surface area contributed by atoms with Crippen molar-refractivity contribution in [3.05, 3.63) is 66.1 Å². The van der Waals surface area contributed by atoms with Gasteiger partial charge in [-0.25, -0.2) is 13.8 Å². The predicted molar refractivity (Wildman–Crippen MR) is 102 cm³/mol. The van der Waals surface area contributed by atoms with E-state index in [1.807, 2.05) is 6.07 Å². The van der Waals surface area contributed by atoms with Crippen LogP contribution in [0, 0.1) is 11.6 Å². The number of pyridine rings is 1. The largest absolute Gasteiger partial charge is 0.308 e. The van der Waals surface area contributed by atoms with Gasteiger partial charge in [-0.1, -0.05) is 12.1 Å². The lowest BCUT2D eigenvalue weighted by Crippen LogP contribution is -2.05. The maximum Gasteiger partial charge on any atom is 0.248 e. The molecule has 7 nitrogen and oxygen atoms in total. The van der Waals surface area contributed by atoms with E-state index >= 15 is 0 Å². The van der Waals surface area contributed by atoms with Crippen LogP contribution >= 0.6 is 0 Å². The van der Waals surface area contributed by atoms with Gasteiger partial charge >= 0.3 is 0 Å². The second-order valence-electron chi connectivity index (χ2n) is 6.77. The summed E-state index contributed by atoms with van der Waals surface area (Å²) in [6, 6.07) is 9.47. The summed E-state index contributed by atoms with van der Waals surface area (Å²) in [6.07, 6.45) is 4.76. The first kappa shape index (κ1) is 17.4. The molecule has 0 unspecified atom stereocenters. The maximum atomic E-state index is 14.5. The van der Waals surface area contributed by atoms with Gasteiger partial charge < -0.3 is 5.32 Å². The second-order valence-corrected chi connectivity index (χ2v) is 6.77. The normalized spacial score (nSPS) is 13.4. The van der Waals surface area contributed by atoms with Crippen LogP contribution in [0.25, 0.3) is 22.5 Å². The van der Waals surface area contributed by atoms with E-state index in [9.17, 15) is 8.78 Å². The molecule has 1 aromatic carbocycles. The number of aromatic amines is 1. The van der Waals surface area contributed by atoms with E-state index in [4.69, 9.17) is 0 Å². The molecule has 3 aromatic heterocycles. The van der Waals surface area contributed by atoms with Gasteiger partial charge in [0.2, 0.25) is 5.95 Å². The fourth-order valence-corrected chi connectivity index (χ4v) is 3.08. The van der Waals surface area contributed by atoms with E-state index in [0.717, 1.165) is 24.7 Å². The van der Waals surface area contributed by atoms with Crippen molar-refractivity contribution in [1.82, 2.24) is 30.4 Å². The molecule has 0 spiro atoms. The summed E-state index contributed by atoms with van der Waals surface area (Å²) in [4.78, 5) is 8.17. The fraction of sp³-hybridized carbons (Fsp3) is 0.150. The average molecular weight is 391 g/mol. The van der Waals surface area contributed by atoms with Crippen molar-refractivity contribution in [2.45, 2.75) is 18.8 Å². The molecule has 5 rings (SSSR count). The third kappa shape index (κ3) is 3.42. The van der Waals surface area contributed by atoms with Crippen LogP contribution in [0.3, 0.4) is 0 Å². The van der Waals surface area contributed by atoms with Crippen LogP contribution in [-0.4, -0.2) is 30.4 Å². The molecule has 0 bridgehead atoms. The molecule has 29 heavy (non-hydrogen) atoms. The van der Waals surface area contributed by atoms with Gasteiger partial charge in [-0.05, 0) is 31.0 Å². The molecule has 2 N–H and O–H groups in total. The number of benzene rings is 1. The minimum absolute atomic E-state index is 0.129. The summed E-state index contributed by atoms with van der Waals surface area (Å²) >= 11 is 0. The van der Waals surface area contributed by atoms with Crippen LogP contribution < -0.4 is 5.32 Å². The number of hydrogen-bond donors (Lipinski definition) is 2. The van der Waals surface area contributed by atoms with Crippen molar-refractivity contribution in [2.24, 2.45) is 0 Å². The number of rotatable bonds is 5. The number of anilines is 2. The van der Waals surface area contributed by atoms with E-state index in [1.165, 1.54) is 18.3 Å². The van der Waals surface area contributed by atoms with Crippen LogP contribution in [0.15, 0.2) is 48.8 Å². The predicted octanol–water partition coefficient (Wildman–Crippen LogP) is 4.22. The number of nitrogens with zero attached hydrogens (tertiary/aromatic N) is 5. The van der Waals surface area contributed by atoms with Gasteiger partial charge in [-0.3, -0.25) is 10.1 Å². The average Bonchev–Trinajstić information content (AvgIpc) is 3.48. The molecule has 0 amide bonds. The number of hydrogen-bond acceptors (Lipinski definition) is 6. The SMILES string of the molecule is Fc1cnccc1-c1nnc(Nc2cc(C3CC3)n[nH]2)nc1-c1ccccc1F. The number of nitrogens with one attached hydrogen (secondary N) is 2. The van der Waals surface area contributed by atoms with Crippen LogP contribution in [0.4, 0.5) is 20.5 Å². The van der Waals surface area contributed by atoms with E-state index in [-0.39, 0.29) is 28.5 Å². The third-order valence-electron chi connectivity index (χ3n) is 4.68. The van der Waals surface area contributed by atoms with E-state index in [0.29, 0.717) is 11.7 Å². The molecule has 0 saturated heterocycles. The Balaban J connectivity index is 1.58. The summed E-state index contributed by atoms with van der Waals surface area (Å²) in [5.41, 5.74) is 1.61. The van der Waals surface area contributed by atoms with E-state index in [2.05, 4.69) is 35.7 Å². The zero-order chi connectivity index (χ0) is 19.8. The van der Waals surface area contributed by atoms with Gasteiger partial charge in [-0.15, -0.1) is 10.2 Å². The summed E-state index contributed by atoms with van der Waals surface area (Å²) in [5, 5.41) is 18.3. The van der Waals surface area contributed by atoms with E-state index < -0.39 is 11.6 Å². The first-order chi connectivity index (χ1) is 14.2. The van der Waals surface area contributed by atoms with Gasteiger partial charge in [0.05, 0.1) is 11.9 Å². The molecule has 1 aliphatic rings. The lowest BCUT2D eigenvalue weighted by molar-refractivity contribution is 0.623. The van der Waals surface area contributed by atoms with Gasteiger partial charge in [0.25, 0.3) is 0 Å². The zero-order valence-corrected chi connectivity index (χ0v) is 15.1. The lowest BCUT2D eigenvalue weighted by Gasteiger charge is -2.11. The molecule has 0 atom stereocenters. The lowest BCUT2D eigenvalue weighted by atomic mass is 10.0. The minimum Gasteiger partial charge on any atom is -0.308 e. The number of H-pyrrole nitrogens is 1. The van der Waals surface area contributed by atoms with Crippen molar-refractivity contribution in [3.63, 3.8) is 0 Å². The third-order valence-corrected chi connectivity index (χ3v) is 4.68. The smallest absolute Gasteiger partial charge is 0.248 e. The van der Waals surface area contributed by atoms with E-state index in [1.54, 1.807) is 18.2 Å². The first-order valence-electron chi connectivity index (χ1n) is 9.11. The molecule has 4 aromatic rings. The molecule has 0 aliphatic heterocycles. The van der Waals surface area contributed by atoms with Crippen molar-refractivity contribution < 1.29 is 8.78 Å². The summed E-state index contributed by atoms with van der Waals surface area (Å²) in [7, 11) is 0. The zero-order valence-electron chi connectivity index (χ0n) is 15.1. The second kappa shape index (κ2) is 7.01. The van der Waals surface area contributed by atoms with Crippen molar-refractivity contribution in [3.8, 4) is 22.5 Å². The van der Waals surface area contributed by atoms with Crippen molar-refractivity contribution in [1.29, 1.82) is 0 Å². The Morgan fingerprint density at radius 3 is 2.59 bits per heavy atom. The van der Waals surface area contributed by atoms with Gasteiger partial charge in [0, 0.05) is 29.3 Å². The first-order valence-corrected chi connectivity index (χ1v) is 9.11. The van der Waals surface area contributed by atoms with Crippen molar-refractivity contribution in [2.75, 3.05) is 5.32 Å². The maximum absolute atomic E-state index is 14.5. The summed E-state index contributed by atoms with van der Waals surface area (Å²) in [6.45, 7) is 0. The monoisotopic (exact) mass is 391 g/mol. The molecule has 0 radical (unpaired) electrons. The molecule has 9 heteroatoms. The molecular formula is C20H15F2N7. The van der Waals surface area contributed by atoms with Crippen LogP contribution in [-0.2, 0) is 0 Å². The summed E-state index contributed by atoms with van der Waals surface area (Å²) in [5.74, 6) is 0.159. The minimum atomic E-state index is -0.593. The van der Waals surface area contributed by atoms with Crippen LogP contribution in [0.2, 0.25) is 0 Å². The van der Waals surface area contributed by atoms with Gasteiger partial charge in [0.15, 0.2) is 5.82 Å². The Kier molecular flexibility index (Phi) is 4.19. The molecule has 1 aliphatic carbocycles. The Labute approximate surface area is 164 Å². The molecular weight excluding hydrogens is 376 g/mol.